The zero-order chi connectivity index (χ0) is 25.0. The molecule has 3 aromatic heterocycles. The molecule has 5 rings (SSSR count). The minimum atomic E-state index is -0.827. The normalized spacial score (nSPS) is 17.4. The lowest BCUT2D eigenvalue weighted by Crippen LogP contribution is -2.49. The van der Waals surface area contributed by atoms with Gasteiger partial charge in [-0.1, -0.05) is 0 Å². The van der Waals surface area contributed by atoms with Gasteiger partial charge in [-0.05, 0) is 82.9 Å². The number of aromatic nitrogens is 5. The molecule has 0 aromatic carbocycles. The molecule has 10 nitrogen and oxygen atoms in total. The van der Waals surface area contributed by atoms with E-state index in [9.17, 15) is 4.79 Å². The number of hydrogen-bond donors (Lipinski definition) is 2. The number of likely N-dealkylation sites (tertiary alicyclic amines) is 1. The van der Waals surface area contributed by atoms with Gasteiger partial charge in [-0.15, -0.1) is 0 Å². The highest BCUT2D eigenvalue weighted by atomic mass is 32.2. The van der Waals surface area contributed by atoms with Crippen molar-refractivity contribution in [2.45, 2.75) is 43.3 Å². The van der Waals surface area contributed by atoms with Gasteiger partial charge < -0.3 is 19.7 Å². The second-order valence-corrected chi connectivity index (χ2v) is 10.2. The summed E-state index contributed by atoms with van der Waals surface area (Å²) in [7, 11) is 2.07. The summed E-state index contributed by atoms with van der Waals surface area (Å²) in [6.45, 7) is 3.98. The number of amides is 1. The number of nitrogens with one attached hydrogen (secondary N) is 2. The second-order valence-electron chi connectivity index (χ2n) is 9.13. The average Bonchev–Trinajstić information content (AvgIpc) is 3.74. The summed E-state index contributed by atoms with van der Waals surface area (Å²) in [4.78, 5) is 38.4. The number of anilines is 2. The van der Waals surface area contributed by atoms with E-state index in [1.165, 1.54) is 12.8 Å². The summed E-state index contributed by atoms with van der Waals surface area (Å²) in [5.74, 6) is 2.08. The number of rotatable bonds is 9. The van der Waals surface area contributed by atoms with E-state index in [4.69, 9.17) is 9.72 Å². The molecule has 11 heteroatoms. The molecule has 1 aliphatic heterocycles. The summed E-state index contributed by atoms with van der Waals surface area (Å²) in [5.41, 5.74) is 0.609. The van der Waals surface area contributed by atoms with Crippen molar-refractivity contribution in [3.63, 3.8) is 0 Å². The molecule has 0 radical (unpaired) electrons. The fourth-order valence-corrected chi connectivity index (χ4v) is 4.86. The summed E-state index contributed by atoms with van der Waals surface area (Å²) >= 11 is 1.69. The molecule has 2 fully saturated rings. The summed E-state index contributed by atoms with van der Waals surface area (Å²) in [5, 5.41) is 3.67. The van der Waals surface area contributed by atoms with Crippen molar-refractivity contribution in [2.75, 3.05) is 36.8 Å². The van der Waals surface area contributed by atoms with E-state index in [0.717, 1.165) is 24.5 Å². The Hall–Kier alpha value is -3.31. The predicted octanol–water partition coefficient (Wildman–Crippen LogP) is 3.55. The van der Waals surface area contributed by atoms with E-state index in [1.807, 2.05) is 19.1 Å². The maximum Gasteiger partial charge on any atom is 0.239 e. The first-order valence-electron chi connectivity index (χ1n) is 12.2. The van der Waals surface area contributed by atoms with Crippen molar-refractivity contribution in [2.24, 2.45) is 0 Å². The molecule has 1 saturated carbocycles. The minimum Gasteiger partial charge on any atom is -0.477 e. The molecule has 0 atom stereocenters. The largest absolute Gasteiger partial charge is 0.477 e. The topological polar surface area (TPSA) is 118 Å². The monoisotopic (exact) mass is 506 g/mol. The fourth-order valence-electron chi connectivity index (χ4n) is 4.09. The number of carbonyl (C=O) groups is 1. The third kappa shape index (κ3) is 5.57. The lowest BCUT2D eigenvalue weighted by molar-refractivity contribution is -0.123. The van der Waals surface area contributed by atoms with E-state index in [2.05, 4.69) is 41.9 Å². The molecule has 0 bridgehead atoms. The van der Waals surface area contributed by atoms with Gasteiger partial charge >= 0.3 is 0 Å². The van der Waals surface area contributed by atoms with Crippen LogP contribution in [0.5, 0.6) is 5.88 Å². The van der Waals surface area contributed by atoms with Crippen molar-refractivity contribution in [1.29, 1.82) is 0 Å². The van der Waals surface area contributed by atoms with Gasteiger partial charge in [0.1, 0.15) is 22.9 Å². The van der Waals surface area contributed by atoms with Gasteiger partial charge in [-0.3, -0.25) is 9.78 Å². The van der Waals surface area contributed by atoms with Gasteiger partial charge in [0.25, 0.3) is 0 Å². The van der Waals surface area contributed by atoms with Gasteiger partial charge in [0, 0.05) is 23.2 Å². The number of ether oxygens (including phenoxy) is 1. The van der Waals surface area contributed by atoms with E-state index in [1.54, 1.807) is 42.8 Å². The minimum absolute atomic E-state index is 0.138. The van der Waals surface area contributed by atoms with Gasteiger partial charge in [0.05, 0.1) is 24.7 Å². The highest BCUT2D eigenvalue weighted by Gasteiger charge is 2.45. The summed E-state index contributed by atoms with van der Waals surface area (Å²) < 4.78 is 8.76. The summed E-state index contributed by atoms with van der Waals surface area (Å²) in [6, 6.07) is 5.49. The molecular weight excluding hydrogens is 476 g/mol. The van der Waals surface area contributed by atoms with Crippen molar-refractivity contribution in [3.05, 3.63) is 48.8 Å². The lowest BCUT2D eigenvalue weighted by Gasteiger charge is -2.38. The highest BCUT2D eigenvalue weighted by molar-refractivity contribution is 8.01. The van der Waals surface area contributed by atoms with Gasteiger partial charge in [0.15, 0.2) is 0 Å². The van der Waals surface area contributed by atoms with Crippen molar-refractivity contribution < 1.29 is 9.53 Å². The van der Waals surface area contributed by atoms with Crippen LogP contribution in [0.2, 0.25) is 0 Å². The van der Waals surface area contributed by atoms with Crippen LogP contribution in [-0.4, -0.2) is 67.7 Å². The molecule has 2 N–H and O–H groups in total. The zero-order valence-corrected chi connectivity index (χ0v) is 21.3. The van der Waals surface area contributed by atoms with Crippen LogP contribution in [0.4, 0.5) is 11.6 Å². The SMILES string of the molecule is CCOc1cncc(-c2ccc(NC(=O)C3(c4nccc(NSC5CC5)n4)CCN(C)CC3)nc2)n1. The van der Waals surface area contributed by atoms with E-state index >= 15 is 0 Å². The molecule has 1 amide bonds. The van der Waals surface area contributed by atoms with Crippen molar-refractivity contribution >= 4 is 29.5 Å². The molecule has 4 heterocycles. The molecule has 0 unspecified atom stereocenters. The Bertz CT molecular complexity index is 1200. The molecule has 1 aliphatic carbocycles. The summed E-state index contributed by atoms with van der Waals surface area (Å²) in [6.07, 6.45) is 10.4. The van der Waals surface area contributed by atoms with Gasteiger partial charge in [-0.25, -0.2) is 19.9 Å². The van der Waals surface area contributed by atoms with Crippen molar-refractivity contribution in [3.8, 4) is 17.1 Å². The Labute approximate surface area is 214 Å². The van der Waals surface area contributed by atoms with Crippen LogP contribution in [0.3, 0.4) is 0 Å². The van der Waals surface area contributed by atoms with Crippen LogP contribution in [-0.2, 0) is 10.2 Å². The Kier molecular flexibility index (Phi) is 7.28. The third-order valence-corrected chi connectivity index (χ3v) is 7.55. The van der Waals surface area contributed by atoms with Crippen LogP contribution in [0.15, 0.2) is 43.0 Å². The molecule has 0 spiro atoms. The van der Waals surface area contributed by atoms with Crippen molar-refractivity contribution in [1.82, 2.24) is 29.8 Å². The van der Waals surface area contributed by atoms with Gasteiger partial charge in [0.2, 0.25) is 11.8 Å². The van der Waals surface area contributed by atoms with Crippen LogP contribution < -0.4 is 14.8 Å². The first kappa shape index (κ1) is 24.4. The smallest absolute Gasteiger partial charge is 0.239 e. The number of pyridine rings is 1. The first-order chi connectivity index (χ1) is 17.6. The second kappa shape index (κ2) is 10.8. The number of hydrogen-bond acceptors (Lipinski definition) is 10. The molecule has 1 saturated heterocycles. The lowest BCUT2D eigenvalue weighted by atomic mass is 9.76. The molecule has 3 aromatic rings. The highest BCUT2D eigenvalue weighted by Crippen LogP contribution is 2.37. The Morgan fingerprint density at radius 3 is 2.67 bits per heavy atom. The quantitative estimate of drug-likeness (QED) is 0.417. The maximum absolute atomic E-state index is 13.7. The number of carbonyl (C=O) groups excluding carboxylic acids is 1. The van der Waals surface area contributed by atoms with E-state index in [-0.39, 0.29) is 5.91 Å². The zero-order valence-electron chi connectivity index (χ0n) is 20.5. The predicted molar refractivity (Wildman–Crippen MR) is 140 cm³/mol. The third-order valence-electron chi connectivity index (χ3n) is 6.42. The maximum atomic E-state index is 13.7. The van der Waals surface area contributed by atoms with Crippen LogP contribution in [0.1, 0.15) is 38.4 Å². The van der Waals surface area contributed by atoms with Crippen LogP contribution >= 0.6 is 11.9 Å². The number of nitrogens with zero attached hydrogens (tertiary/aromatic N) is 6. The molecule has 36 heavy (non-hydrogen) atoms. The van der Waals surface area contributed by atoms with E-state index in [0.29, 0.717) is 47.9 Å². The molecule has 2 aliphatic rings. The number of piperidine rings is 1. The first-order valence-corrected chi connectivity index (χ1v) is 13.1. The Morgan fingerprint density at radius 2 is 1.94 bits per heavy atom. The molecular formula is C25H30N8O2S. The van der Waals surface area contributed by atoms with E-state index < -0.39 is 5.41 Å². The van der Waals surface area contributed by atoms with Crippen LogP contribution in [0, 0.1) is 0 Å². The standard InChI is InChI=1S/C25H30N8O2S/c1-3-35-22-16-26-15-19(29-22)17-4-7-20(28-14-17)31-24(34)25(9-12-33(2)13-10-25)23-27-11-8-21(30-23)32-36-18-5-6-18/h4,7-8,11,14-16,18H,3,5-6,9-10,12-13H2,1-2H3,(H,27,30,32)(H,28,31,34). The van der Waals surface area contributed by atoms with Gasteiger partial charge in [-0.2, -0.15) is 0 Å². The fraction of sp³-hybridized carbons (Fsp3) is 0.440. The average molecular weight is 507 g/mol. The Morgan fingerprint density at radius 1 is 1.11 bits per heavy atom. The molecule has 188 valence electrons. The Balaban J connectivity index is 1.35. The van der Waals surface area contributed by atoms with Crippen LogP contribution in [0.25, 0.3) is 11.3 Å².